The summed E-state index contributed by atoms with van der Waals surface area (Å²) < 4.78 is 87.5. The van der Waals surface area contributed by atoms with Crippen molar-refractivity contribution in [1.82, 2.24) is 24.8 Å². The lowest BCUT2D eigenvalue weighted by Gasteiger charge is -2.35. The van der Waals surface area contributed by atoms with E-state index in [1.807, 2.05) is 28.9 Å². The monoisotopic (exact) mass is 657 g/mol. The lowest BCUT2D eigenvalue weighted by atomic mass is 10.00. The smallest absolute Gasteiger partial charge is 0.416 e. The second kappa shape index (κ2) is 12.7. The van der Waals surface area contributed by atoms with E-state index in [0.29, 0.717) is 55.8 Å². The number of halogens is 6. The van der Waals surface area contributed by atoms with Gasteiger partial charge in [-0.05, 0) is 48.7 Å². The Balaban J connectivity index is 1.38. The van der Waals surface area contributed by atoms with E-state index in [0.717, 1.165) is 5.56 Å². The number of fused-ring (bicyclic) bond motifs is 1. The maximum Gasteiger partial charge on any atom is 0.416 e. The number of alkyl halides is 6. The van der Waals surface area contributed by atoms with Crippen molar-refractivity contribution in [3.63, 3.8) is 0 Å². The van der Waals surface area contributed by atoms with Crippen LogP contribution < -0.4 is 14.5 Å². The van der Waals surface area contributed by atoms with Gasteiger partial charge >= 0.3 is 12.4 Å². The Morgan fingerprint density at radius 3 is 2.02 bits per heavy atom. The van der Waals surface area contributed by atoms with Gasteiger partial charge in [0.15, 0.2) is 0 Å². The van der Waals surface area contributed by atoms with Crippen molar-refractivity contribution in [3.8, 4) is 17.1 Å². The fraction of sp³-hybridized carbons (Fsp3) is 0.344. The summed E-state index contributed by atoms with van der Waals surface area (Å²) in [6.45, 7) is 3.66. The molecule has 1 fully saturated rings. The number of hydrogen-bond acceptors (Lipinski definition) is 8. The largest absolute Gasteiger partial charge is 0.477 e. The highest BCUT2D eigenvalue weighted by molar-refractivity contribution is 6.02. The molecule has 2 aliphatic rings. The molecular weight excluding hydrogens is 628 g/mol. The zero-order valence-electron chi connectivity index (χ0n) is 25.1. The Bertz CT molecular complexity index is 1730. The number of rotatable bonds is 5. The Kier molecular flexibility index (Phi) is 8.64. The summed E-state index contributed by atoms with van der Waals surface area (Å²) in [5, 5.41) is 0. The number of nitrogens with zero attached hydrogens (tertiary/aromatic N) is 7. The Hall–Kier alpha value is -4.95. The molecule has 0 saturated carbocycles. The average molecular weight is 658 g/mol. The highest BCUT2D eigenvalue weighted by Gasteiger charge is 2.38. The second-order valence-corrected chi connectivity index (χ2v) is 11.2. The van der Waals surface area contributed by atoms with Crippen LogP contribution in [0.4, 0.5) is 38.2 Å². The molecule has 0 spiro atoms. The van der Waals surface area contributed by atoms with E-state index in [9.17, 15) is 31.1 Å². The molecule has 1 saturated heterocycles. The van der Waals surface area contributed by atoms with Crippen molar-refractivity contribution in [3.05, 3.63) is 88.7 Å². The third kappa shape index (κ3) is 6.93. The van der Waals surface area contributed by atoms with Gasteiger partial charge in [0.05, 0.1) is 23.4 Å². The molecule has 0 aliphatic carbocycles. The maximum atomic E-state index is 14.2. The van der Waals surface area contributed by atoms with Crippen molar-refractivity contribution in [2.45, 2.75) is 32.2 Å². The molecule has 0 bridgehead atoms. The third-order valence-electron chi connectivity index (χ3n) is 7.99. The predicted molar refractivity (Wildman–Crippen MR) is 160 cm³/mol. The van der Waals surface area contributed by atoms with E-state index in [1.54, 1.807) is 30.6 Å². The number of aryl methyl sites for hydroxylation is 1. The molecule has 0 unspecified atom stereocenters. The molecule has 0 N–H and O–H groups in total. The van der Waals surface area contributed by atoms with E-state index in [2.05, 4.69) is 15.0 Å². The van der Waals surface area contributed by atoms with Crippen molar-refractivity contribution in [2.24, 2.45) is 0 Å². The Morgan fingerprint density at radius 2 is 1.40 bits per heavy atom. The van der Waals surface area contributed by atoms with E-state index >= 15 is 0 Å². The van der Waals surface area contributed by atoms with E-state index < -0.39 is 35.9 Å². The summed E-state index contributed by atoms with van der Waals surface area (Å²) in [5.41, 5.74) is -1.55. The maximum absolute atomic E-state index is 14.2. The van der Waals surface area contributed by atoms with Crippen molar-refractivity contribution in [1.29, 1.82) is 0 Å². The molecule has 0 atom stereocenters. The molecule has 246 valence electrons. The summed E-state index contributed by atoms with van der Waals surface area (Å²) in [6, 6.07) is 10.3. The summed E-state index contributed by atoms with van der Waals surface area (Å²) >= 11 is 0. The molecule has 9 nitrogen and oxygen atoms in total. The van der Waals surface area contributed by atoms with Crippen LogP contribution in [-0.4, -0.2) is 70.1 Å². The van der Waals surface area contributed by atoms with E-state index in [4.69, 9.17) is 9.72 Å². The molecule has 2 aliphatic heterocycles. The van der Waals surface area contributed by atoms with Crippen LogP contribution in [-0.2, 0) is 18.9 Å². The fourth-order valence-corrected chi connectivity index (χ4v) is 5.63. The zero-order chi connectivity index (χ0) is 33.3. The predicted octanol–water partition coefficient (Wildman–Crippen LogP) is 6.03. The van der Waals surface area contributed by atoms with E-state index in [-0.39, 0.29) is 48.3 Å². The van der Waals surface area contributed by atoms with Gasteiger partial charge in [0.2, 0.25) is 17.8 Å². The number of aromatic nitrogens is 4. The van der Waals surface area contributed by atoms with Crippen LogP contribution in [0.3, 0.4) is 0 Å². The van der Waals surface area contributed by atoms with Gasteiger partial charge in [-0.1, -0.05) is 24.3 Å². The van der Waals surface area contributed by atoms with Crippen LogP contribution in [0.1, 0.15) is 39.0 Å². The van der Waals surface area contributed by atoms with Gasteiger partial charge in [-0.3, -0.25) is 4.79 Å². The molecule has 0 radical (unpaired) electrons. The number of anilines is 2. The van der Waals surface area contributed by atoms with Crippen LogP contribution in [0.25, 0.3) is 11.3 Å². The first kappa shape index (κ1) is 32.0. The highest BCUT2D eigenvalue weighted by atomic mass is 19.4. The number of hydrogen-bond donors (Lipinski definition) is 0. The SMILES string of the molecule is Cc1ccccc1-c1nc(N2CCN(c3ncccn3)CC2)nc2c1C(=O)N(Cc1cc(C(F)(F)F)cc(C(F)(F)F)c1)CCCO2. The van der Waals surface area contributed by atoms with Gasteiger partial charge in [0.25, 0.3) is 5.91 Å². The Labute approximate surface area is 265 Å². The van der Waals surface area contributed by atoms with Crippen LogP contribution in [0, 0.1) is 6.92 Å². The number of piperazine rings is 1. The first-order valence-electron chi connectivity index (χ1n) is 14.8. The number of carbonyl (C=O) groups is 1. The summed E-state index contributed by atoms with van der Waals surface area (Å²) in [5.74, 6) is 0.255. The van der Waals surface area contributed by atoms with Gasteiger partial charge in [-0.25, -0.2) is 15.0 Å². The van der Waals surface area contributed by atoms with Gasteiger partial charge in [-0.2, -0.15) is 31.3 Å². The molecule has 2 aromatic heterocycles. The quantitative estimate of drug-likeness (QED) is 0.241. The lowest BCUT2D eigenvalue weighted by Crippen LogP contribution is -2.47. The number of ether oxygens (including phenoxy) is 1. The molecule has 2 aromatic carbocycles. The molecule has 4 aromatic rings. The van der Waals surface area contributed by atoms with Gasteiger partial charge in [-0.15, -0.1) is 0 Å². The summed E-state index contributed by atoms with van der Waals surface area (Å²) in [4.78, 5) is 37.5. The van der Waals surface area contributed by atoms with Crippen LogP contribution in [0.15, 0.2) is 60.9 Å². The standard InChI is InChI=1S/C32H29F6N7O2/c1-20-6-2-3-7-24(20)26-25-27(42-30(41-26)44-13-11-43(12-14-44)29-39-8-4-9-40-29)47-15-5-10-45(28(25)46)19-21-16-22(31(33,34)35)18-23(17-21)32(36,37)38/h2-4,6-9,16-18H,5,10-15,19H2,1H3. The number of benzene rings is 2. The normalized spacial score (nSPS) is 16.0. The second-order valence-electron chi connectivity index (χ2n) is 11.2. The minimum Gasteiger partial charge on any atom is -0.477 e. The molecule has 6 rings (SSSR count). The minimum atomic E-state index is -5.02. The highest BCUT2D eigenvalue weighted by Crippen LogP contribution is 2.38. The zero-order valence-corrected chi connectivity index (χ0v) is 25.1. The third-order valence-corrected chi connectivity index (χ3v) is 7.99. The lowest BCUT2D eigenvalue weighted by molar-refractivity contribution is -0.143. The molecule has 15 heteroatoms. The first-order valence-corrected chi connectivity index (χ1v) is 14.8. The fourth-order valence-electron chi connectivity index (χ4n) is 5.63. The molecule has 47 heavy (non-hydrogen) atoms. The number of carbonyl (C=O) groups excluding carboxylic acids is 1. The summed E-state index contributed by atoms with van der Waals surface area (Å²) in [7, 11) is 0. The molecular formula is C32H29F6N7O2. The first-order chi connectivity index (χ1) is 22.4. The van der Waals surface area contributed by atoms with Crippen LogP contribution in [0.2, 0.25) is 0 Å². The van der Waals surface area contributed by atoms with Crippen LogP contribution >= 0.6 is 0 Å². The summed E-state index contributed by atoms with van der Waals surface area (Å²) in [6.07, 6.45) is -6.43. The van der Waals surface area contributed by atoms with Gasteiger partial charge < -0.3 is 19.4 Å². The average Bonchev–Trinajstić information content (AvgIpc) is 3.04. The van der Waals surface area contributed by atoms with Gasteiger partial charge in [0.1, 0.15) is 5.56 Å². The van der Waals surface area contributed by atoms with Crippen molar-refractivity contribution < 1.29 is 35.9 Å². The minimum absolute atomic E-state index is 0.00296. The Morgan fingerprint density at radius 1 is 0.787 bits per heavy atom. The van der Waals surface area contributed by atoms with Gasteiger partial charge in [0, 0.05) is 57.2 Å². The topological polar surface area (TPSA) is 87.6 Å². The van der Waals surface area contributed by atoms with Crippen LogP contribution in [0.5, 0.6) is 5.88 Å². The number of amides is 1. The van der Waals surface area contributed by atoms with Crippen molar-refractivity contribution >= 4 is 17.8 Å². The molecule has 1 amide bonds. The van der Waals surface area contributed by atoms with E-state index in [1.165, 1.54) is 4.90 Å². The molecule has 4 heterocycles. The van der Waals surface area contributed by atoms with Crippen molar-refractivity contribution in [2.75, 3.05) is 49.1 Å².